The van der Waals surface area contributed by atoms with Gasteiger partial charge in [-0.2, -0.15) is 0 Å². The Kier molecular flexibility index (Phi) is 8.32. The number of nitrogens with zero attached hydrogens (tertiary/aromatic N) is 2. The van der Waals surface area contributed by atoms with E-state index in [0.29, 0.717) is 13.1 Å². The summed E-state index contributed by atoms with van der Waals surface area (Å²) in [5, 5.41) is 10.7. The molecule has 27 heavy (non-hydrogen) atoms. The lowest BCUT2D eigenvalue weighted by Crippen LogP contribution is -2.36. The molecule has 6 heteroatoms. The quantitative estimate of drug-likeness (QED) is 0.312. The third kappa shape index (κ3) is 6.39. The Bertz CT molecular complexity index is 861. The lowest BCUT2D eigenvalue weighted by molar-refractivity contribution is 0.422. The standard InChI is InChI=1S/C21H24N4O.HI/c1-3-22-21(23-14-17-9-7-8-16(2)12-17)24-15-19-13-20(26-25-19)18-10-5-4-6-11-18;/h4-13H,3,14-15H2,1-2H3,(H2,22,23,24);1H. The molecular formula is C21H25IN4O. The molecule has 0 aliphatic carbocycles. The average molecular weight is 476 g/mol. The van der Waals surface area contributed by atoms with Gasteiger partial charge in [0, 0.05) is 18.2 Å². The van der Waals surface area contributed by atoms with Gasteiger partial charge in [-0.05, 0) is 19.4 Å². The number of aryl methyl sites for hydroxylation is 1. The number of benzene rings is 2. The normalized spacial score (nSPS) is 11.0. The zero-order valence-electron chi connectivity index (χ0n) is 15.6. The molecule has 0 saturated heterocycles. The molecule has 1 aromatic heterocycles. The van der Waals surface area contributed by atoms with Crippen molar-refractivity contribution >= 4 is 29.9 Å². The molecule has 3 aromatic rings. The van der Waals surface area contributed by atoms with Gasteiger partial charge in [-0.1, -0.05) is 65.3 Å². The lowest BCUT2D eigenvalue weighted by Gasteiger charge is -2.10. The fourth-order valence-electron chi connectivity index (χ4n) is 2.63. The van der Waals surface area contributed by atoms with E-state index < -0.39 is 0 Å². The SMILES string of the molecule is CCNC(=NCc1cccc(C)c1)NCc1cc(-c2ccccc2)on1.I. The predicted octanol–water partition coefficient (Wildman–Crippen LogP) is 4.52. The van der Waals surface area contributed by atoms with Crippen LogP contribution < -0.4 is 10.6 Å². The molecule has 0 saturated carbocycles. The minimum Gasteiger partial charge on any atom is -0.357 e. The van der Waals surface area contributed by atoms with Crippen molar-refractivity contribution in [3.63, 3.8) is 0 Å². The monoisotopic (exact) mass is 476 g/mol. The summed E-state index contributed by atoms with van der Waals surface area (Å²) in [6.45, 7) is 6.12. The first-order valence-corrected chi connectivity index (χ1v) is 8.83. The van der Waals surface area contributed by atoms with E-state index in [0.717, 1.165) is 29.5 Å². The van der Waals surface area contributed by atoms with Crippen LogP contribution in [0.25, 0.3) is 11.3 Å². The zero-order valence-corrected chi connectivity index (χ0v) is 17.9. The fourth-order valence-corrected chi connectivity index (χ4v) is 2.63. The van der Waals surface area contributed by atoms with E-state index in [9.17, 15) is 0 Å². The predicted molar refractivity (Wildman–Crippen MR) is 120 cm³/mol. The smallest absolute Gasteiger partial charge is 0.191 e. The number of guanidine groups is 1. The molecule has 0 atom stereocenters. The van der Waals surface area contributed by atoms with Gasteiger partial charge >= 0.3 is 0 Å². The van der Waals surface area contributed by atoms with E-state index in [4.69, 9.17) is 4.52 Å². The van der Waals surface area contributed by atoms with Crippen LogP contribution in [0, 0.1) is 6.92 Å². The summed E-state index contributed by atoms with van der Waals surface area (Å²) in [4.78, 5) is 4.64. The lowest BCUT2D eigenvalue weighted by atomic mass is 10.1. The van der Waals surface area contributed by atoms with Crippen LogP contribution in [0.4, 0.5) is 0 Å². The van der Waals surface area contributed by atoms with Crippen molar-refractivity contribution in [3.8, 4) is 11.3 Å². The largest absolute Gasteiger partial charge is 0.357 e. The van der Waals surface area contributed by atoms with Gasteiger partial charge in [0.2, 0.25) is 0 Å². The van der Waals surface area contributed by atoms with E-state index in [1.807, 2.05) is 43.3 Å². The molecule has 0 unspecified atom stereocenters. The molecule has 0 aliphatic heterocycles. The summed E-state index contributed by atoms with van der Waals surface area (Å²) in [6.07, 6.45) is 0. The summed E-state index contributed by atoms with van der Waals surface area (Å²) in [5.74, 6) is 1.53. The molecule has 0 fully saturated rings. The number of aliphatic imine (C=N–C) groups is 1. The van der Waals surface area contributed by atoms with Crippen LogP contribution in [-0.2, 0) is 13.1 Å². The molecule has 2 N–H and O–H groups in total. The van der Waals surface area contributed by atoms with E-state index in [2.05, 4.69) is 52.0 Å². The Balaban J connectivity index is 0.00000261. The second-order valence-corrected chi connectivity index (χ2v) is 6.09. The van der Waals surface area contributed by atoms with Gasteiger partial charge in [-0.3, -0.25) is 0 Å². The summed E-state index contributed by atoms with van der Waals surface area (Å²) in [5.41, 5.74) is 4.29. The van der Waals surface area contributed by atoms with Crippen molar-refractivity contribution in [2.24, 2.45) is 4.99 Å². The van der Waals surface area contributed by atoms with Gasteiger partial charge < -0.3 is 15.2 Å². The number of hydrogen-bond acceptors (Lipinski definition) is 3. The third-order valence-electron chi connectivity index (χ3n) is 3.90. The van der Waals surface area contributed by atoms with Crippen LogP contribution in [0.1, 0.15) is 23.7 Å². The molecule has 5 nitrogen and oxygen atoms in total. The highest BCUT2D eigenvalue weighted by Gasteiger charge is 2.07. The molecule has 142 valence electrons. The number of aromatic nitrogens is 1. The van der Waals surface area contributed by atoms with E-state index >= 15 is 0 Å². The maximum Gasteiger partial charge on any atom is 0.191 e. The Morgan fingerprint density at radius 3 is 2.59 bits per heavy atom. The van der Waals surface area contributed by atoms with Crippen molar-refractivity contribution in [1.82, 2.24) is 15.8 Å². The van der Waals surface area contributed by atoms with Crippen molar-refractivity contribution < 1.29 is 4.52 Å². The third-order valence-corrected chi connectivity index (χ3v) is 3.90. The van der Waals surface area contributed by atoms with Gasteiger partial charge in [0.1, 0.15) is 5.69 Å². The van der Waals surface area contributed by atoms with E-state index in [1.54, 1.807) is 0 Å². The number of halogens is 1. The second kappa shape index (κ2) is 10.7. The zero-order chi connectivity index (χ0) is 18.2. The van der Waals surface area contributed by atoms with Crippen LogP contribution in [0.15, 0.2) is 70.2 Å². The summed E-state index contributed by atoms with van der Waals surface area (Å²) < 4.78 is 5.44. The molecule has 0 radical (unpaired) electrons. The molecule has 0 spiro atoms. The van der Waals surface area contributed by atoms with Crippen LogP contribution in [-0.4, -0.2) is 17.7 Å². The van der Waals surface area contributed by atoms with Crippen LogP contribution in [0.3, 0.4) is 0 Å². The molecule has 0 bridgehead atoms. The highest BCUT2D eigenvalue weighted by atomic mass is 127. The van der Waals surface area contributed by atoms with Gasteiger partial charge in [0.25, 0.3) is 0 Å². The average Bonchev–Trinajstić information content (AvgIpc) is 3.14. The maximum absolute atomic E-state index is 5.44. The topological polar surface area (TPSA) is 62.5 Å². The van der Waals surface area contributed by atoms with Crippen LogP contribution in [0.2, 0.25) is 0 Å². The Hall–Kier alpha value is -2.35. The second-order valence-electron chi connectivity index (χ2n) is 6.09. The van der Waals surface area contributed by atoms with Crippen molar-refractivity contribution in [1.29, 1.82) is 0 Å². The molecule has 3 rings (SSSR count). The summed E-state index contributed by atoms with van der Waals surface area (Å²) in [6, 6.07) is 20.3. The van der Waals surface area contributed by atoms with E-state index in [1.165, 1.54) is 11.1 Å². The van der Waals surface area contributed by atoms with E-state index in [-0.39, 0.29) is 24.0 Å². The number of rotatable bonds is 6. The van der Waals surface area contributed by atoms with Gasteiger partial charge in [-0.25, -0.2) is 4.99 Å². The van der Waals surface area contributed by atoms with Gasteiger partial charge in [-0.15, -0.1) is 24.0 Å². The summed E-state index contributed by atoms with van der Waals surface area (Å²) in [7, 11) is 0. The molecule has 0 amide bonds. The first-order chi connectivity index (χ1) is 12.7. The number of hydrogen-bond donors (Lipinski definition) is 2. The summed E-state index contributed by atoms with van der Waals surface area (Å²) >= 11 is 0. The highest BCUT2D eigenvalue weighted by Crippen LogP contribution is 2.19. The van der Waals surface area contributed by atoms with Crippen molar-refractivity contribution in [3.05, 3.63) is 77.5 Å². The highest BCUT2D eigenvalue weighted by molar-refractivity contribution is 14.0. The van der Waals surface area contributed by atoms with Crippen molar-refractivity contribution in [2.75, 3.05) is 6.54 Å². The minimum atomic E-state index is 0. The number of nitrogens with one attached hydrogen (secondary N) is 2. The maximum atomic E-state index is 5.44. The van der Waals surface area contributed by atoms with Crippen LogP contribution >= 0.6 is 24.0 Å². The molecular weight excluding hydrogens is 451 g/mol. The fraction of sp³-hybridized carbons (Fsp3) is 0.238. The molecule has 2 aromatic carbocycles. The molecule has 1 heterocycles. The van der Waals surface area contributed by atoms with Gasteiger partial charge in [0.05, 0.1) is 13.1 Å². The Morgan fingerprint density at radius 2 is 1.85 bits per heavy atom. The Morgan fingerprint density at radius 1 is 1.04 bits per heavy atom. The van der Waals surface area contributed by atoms with Crippen LogP contribution in [0.5, 0.6) is 0 Å². The molecule has 0 aliphatic rings. The Labute approximate surface area is 177 Å². The minimum absolute atomic E-state index is 0. The first kappa shape index (κ1) is 21.0. The van der Waals surface area contributed by atoms with Crippen molar-refractivity contribution in [2.45, 2.75) is 26.9 Å². The van der Waals surface area contributed by atoms with Gasteiger partial charge in [0.15, 0.2) is 11.7 Å². The first-order valence-electron chi connectivity index (χ1n) is 8.83.